The SMILES string of the molecule is N#Cc1ccc(F)c(Cn2ccnc2-c2cccs2)c1. The predicted octanol–water partition coefficient (Wildman–Crippen LogP) is 3.67. The zero-order chi connectivity index (χ0) is 13.9. The van der Waals surface area contributed by atoms with E-state index in [-0.39, 0.29) is 5.82 Å². The van der Waals surface area contributed by atoms with E-state index in [1.165, 1.54) is 12.1 Å². The first-order valence-electron chi connectivity index (χ1n) is 6.01. The standard InChI is InChI=1S/C15H10FN3S/c16-13-4-3-11(9-17)8-12(13)10-19-6-5-18-15(19)14-2-1-7-20-14/h1-8H,10H2. The molecular formula is C15H10FN3S. The van der Waals surface area contributed by atoms with Gasteiger partial charge < -0.3 is 4.57 Å². The van der Waals surface area contributed by atoms with Crippen molar-refractivity contribution in [2.45, 2.75) is 6.54 Å². The number of imidazole rings is 1. The Morgan fingerprint density at radius 1 is 1.35 bits per heavy atom. The average Bonchev–Trinajstić information content (AvgIpc) is 3.11. The topological polar surface area (TPSA) is 41.6 Å². The van der Waals surface area contributed by atoms with Crippen LogP contribution in [0.1, 0.15) is 11.1 Å². The Morgan fingerprint density at radius 2 is 2.25 bits per heavy atom. The average molecular weight is 283 g/mol. The monoisotopic (exact) mass is 283 g/mol. The van der Waals surface area contributed by atoms with Gasteiger partial charge in [-0.15, -0.1) is 11.3 Å². The van der Waals surface area contributed by atoms with E-state index in [9.17, 15) is 4.39 Å². The molecule has 0 aliphatic rings. The molecule has 20 heavy (non-hydrogen) atoms. The maximum absolute atomic E-state index is 13.8. The lowest BCUT2D eigenvalue weighted by molar-refractivity contribution is 0.600. The van der Waals surface area contributed by atoms with E-state index < -0.39 is 0 Å². The Kier molecular flexibility index (Phi) is 3.32. The molecule has 1 aromatic carbocycles. The van der Waals surface area contributed by atoms with E-state index in [1.54, 1.807) is 23.6 Å². The van der Waals surface area contributed by atoms with Crippen LogP contribution < -0.4 is 0 Å². The Balaban J connectivity index is 1.97. The number of aromatic nitrogens is 2. The molecule has 0 saturated carbocycles. The van der Waals surface area contributed by atoms with Gasteiger partial charge in [0.15, 0.2) is 0 Å². The Morgan fingerprint density at radius 3 is 3.00 bits per heavy atom. The highest BCUT2D eigenvalue weighted by Crippen LogP contribution is 2.24. The zero-order valence-electron chi connectivity index (χ0n) is 10.5. The number of hydrogen-bond donors (Lipinski definition) is 0. The minimum atomic E-state index is -0.310. The van der Waals surface area contributed by atoms with Crippen molar-refractivity contribution < 1.29 is 4.39 Å². The molecule has 0 atom stereocenters. The molecule has 0 saturated heterocycles. The lowest BCUT2D eigenvalue weighted by atomic mass is 10.1. The molecule has 2 heterocycles. The van der Waals surface area contributed by atoms with E-state index in [1.807, 2.05) is 34.3 Å². The van der Waals surface area contributed by atoms with Crippen molar-refractivity contribution in [1.29, 1.82) is 5.26 Å². The van der Waals surface area contributed by atoms with Crippen molar-refractivity contribution in [1.82, 2.24) is 9.55 Å². The third-order valence-electron chi connectivity index (χ3n) is 2.97. The van der Waals surface area contributed by atoms with Crippen molar-refractivity contribution in [3.63, 3.8) is 0 Å². The van der Waals surface area contributed by atoms with Crippen LogP contribution in [0, 0.1) is 17.1 Å². The van der Waals surface area contributed by atoms with Crippen LogP contribution in [0.4, 0.5) is 4.39 Å². The Labute approximate surface area is 119 Å². The molecule has 3 aromatic rings. The van der Waals surface area contributed by atoms with Crippen molar-refractivity contribution >= 4 is 11.3 Å². The number of nitriles is 1. The van der Waals surface area contributed by atoms with E-state index in [0.29, 0.717) is 17.7 Å². The Bertz CT molecular complexity index is 769. The summed E-state index contributed by atoms with van der Waals surface area (Å²) < 4.78 is 15.7. The van der Waals surface area contributed by atoms with Gasteiger partial charge in [0.25, 0.3) is 0 Å². The van der Waals surface area contributed by atoms with Crippen molar-refractivity contribution in [2.75, 3.05) is 0 Å². The van der Waals surface area contributed by atoms with Crippen LogP contribution in [-0.4, -0.2) is 9.55 Å². The van der Waals surface area contributed by atoms with Gasteiger partial charge in [0, 0.05) is 18.0 Å². The van der Waals surface area contributed by atoms with Crippen LogP contribution in [0.15, 0.2) is 48.1 Å². The largest absolute Gasteiger partial charge is 0.326 e. The van der Waals surface area contributed by atoms with Crippen LogP contribution in [0.25, 0.3) is 10.7 Å². The van der Waals surface area contributed by atoms with Crippen molar-refractivity contribution in [2.24, 2.45) is 0 Å². The van der Waals surface area contributed by atoms with E-state index >= 15 is 0 Å². The lowest BCUT2D eigenvalue weighted by Gasteiger charge is -2.08. The maximum atomic E-state index is 13.8. The van der Waals surface area contributed by atoms with Crippen LogP contribution >= 0.6 is 11.3 Å². The molecule has 0 radical (unpaired) electrons. The first-order chi connectivity index (χ1) is 9.78. The minimum absolute atomic E-state index is 0.310. The molecule has 2 aromatic heterocycles. The van der Waals surface area contributed by atoms with Gasteiger partial charge in [0.1, 0.15) is 11.6 Å². The van der Waals surface area contributed by atoms with Gasteiger partial charge in [0.2, 0.25) is 0 Å². The summed E-state index contributed by atoms with van der Waals surface area (Å²) in [4.78, 5) is 5.35. The number of thiophene rings is 1. The molecule has 0 spiro atoms. The highest BCUT2D eigenvalue weighted by atomic mass is 32.1. The molecule has 0 N–H and O–H groups in total. The summed E-state index contributed by atoms with van der Waals surface area (Å²) in [6.45, 7) is 0.356. The number of rotatable bonds is 3. The molecule has 98 valence electrons. The summed E-state index contributed by atoms with van der Waals surface area (Å²) >= 11 is 1.59. The van der Waals surface area contributed by atoms with Gasteiger partial charge in [-0.05, 0) is 29.6 Å². The van der Waals surface area contributed by atoms with Gasteiger partial charge in [-0.3, -0.25) is 0 Å². The molecule has 0 fully saturated rings. The summed E-state index contributed by atoms with van der Waals surface area (Å²) in [5, 5.41) is 10.9. The fourth-order valence-electron chi connectivity index (χ4n) is 2.02. The van der Waals surface area contributed by atoms with E-state index in [0.717, 1.165) is 10.7 Å². The third kappa shape index (κ3) is 2.33. The fraction of sp³-hybridized carbons (Fsp3) is 0.0667. The molecule has 3 nitrogen and oxygen atoms in total. The molecule has 3 rings (SSSR count). The fourth-order valence-corrected chi connectivity index (χ4v) is 2.75. The van der Waals surface area contributed by atoms with Crippen molar-refractivity contribution in [3.8, 4) is 16.8 Å². The van der Waals surface area contributed by atoms with Crippen molar-refractivity contribution in [3.05, 3.63) is 65.0 Å². The lowest BCUT2D eigenvalue weighted by Crippen LogP contribution is -2.03. The second-order valence-electron chi connectivity index (χ2n) is 4.27. The predicted molar refractivity (Wildman–Crippen MR) is 75.8 cm³/mol. The summed E-state index contributed by atoms with van der Waals surface area (Å²) in [6.07, 6.45) is 3.51. The molecule has 0 unspecified atom stereocenters. The summed E-state index contributed by atoms with van der Waals surface area (Å²) in [7, 11) is 0. The highest BCUT2D eigenvalue weighted by molar-refractivity contribution is 7.13. The van der Waals surface area contributed by atoms with Gasteiger partial charge in [-0.1, -0.05) is 6.07 Å². The van der Waals surface area contributed by atoms with Crippen LogP contribution in [-0.2, 0) is 6.54 Å². The molecular weight excluding hydrogens is 273 g/mol. The summed E-state index contributed by atoms with van der Waals surface area (Å²) in [6, 6.07) is 10.3. The summed E-state index contributed by atoms with van der Waals surface area (Å²) in [5.74, 6) is 0.497. The number of benzene rings is 1. The Hall–Kier alpha value is -2.45. The third-order valence-corrected chi connectivity index (χ3v) is 3.84. The smallest absolute Gasteiger partial charge is 0.150 e. The molecule has 5 heteroatoms. The van der Waals surface area contributed by atoms with E-state index in [4.69, 9.17) is 5.26 Å². The van der Waals surface area contributed by atoms with Crippen LogP contribution in [0.5, 0.6) is 0 Å². The van der Waals surface area contributed by atoms with Gasteiger partial charge >= 0.3 is 0 Å². The molecule has 0 bridgehead atoms. The van der Waals surface area contributed by atoms with Gasteiger partial charge in [-0.25, -0.2) is 9.37 Å². The molecule has 0 amide bonds. The number of nitrogens with zero attached hydrogens (tertiary/aromatic N) is 3. The zero-order valence-corrected chi connectivity index (χ0v) is 11.3. The highest BCUT2D eigenvalue weighted by Gasteiger charge is 2.10. The quantitative estimate of drug-likeness (QED) is 0.736. The number of hydrogen-bond acceptors (Lipinski definition) is 3. The first-order valence-corrected chi connectivity index (χ1v) is 6.89. The van der Waals surface area contributed by atoms with Gasteiger partial charge in [0.05, 0.1) is 23.1 Å². The van der Waals surface area contributed by atoms with E-state index in [2.05, 4.69) is 4.98 Å². The molecule has 0 aliphatic carbocycles. The second-order valence-corrected chi connectivity index (χ2v) is 5.22. The van der Waals surface area contributed by atoms with Crippen LogP contribution in [0.3, 0.4) is 0 Å². The number of halogens is 1. The normalized spacial score (nSPS) is 10.4. The van der Waals surface area contributed by atoms with Gasteiger partial charge in [-0.2, -0.15) is 5.26 Å². The van der Waals surface area contributed by atoms with Crippen LogP contribution in [0.2, 0.25) is 0 Å². The minimum Gasteiger partial charge on any atom is -0.326 e. The molecule has 0 aliphatic heterocycles. The summed E-state index contributed by atoms with van der Waals surface area (Å²) in [5.41, 5.74) is 0.944. The first kappa shape index (κ1) is 12.6. The maximum Gasteiger partial charge on any atom is 0.150 e. The second kappa shape index (κ2) is 5.27.